The summed E-state index contributed by atoms with van der Waals surface area (Å²) in [6, 6.07) is 1.69. The van der Waals surface area contributed by atoms with Crippen LogP contribution < -0.4 is 5.32 Å². The Labute approximate surface area is 98.3 Å². The zero-order valence-electron chi connectivity index (χ0n) is 9.53. The van der Waals surface area contributed by atoms with Gasteiger partial charge in [0.15, 0.2) is 0 Å². The van der Waals surface area contributed by atoms with Crippen LogP contribution in [-0.2, 0) is 4.79 Å². The minimum absolute atomic E-state index is 0.0758. The van der Waals surface area contributed by atoms with E-state index < -0.39 is 5.97 Å². The summed E-state index contributed by atoms with van der Waals surface area (Å²) in [6.07, 6.45) is 0.444. The summed E-state index contributed by atoms with van der Waals surface area (Å²) in [7, 11) is 0. The number of aromatic carboxylic acids is 1. The molecular weight excluding hydrogens is 226 g/mol. The van der Waals surface area contributed by atoms with Crippen LogP contribution in [0.4, 0.5) is 5.00 Å². The molecule has 5 heteroatoms. The van der Waals surface area contributed by atoms with Gasteiger partial charge in [-0.3, -0.25) is 4.79 Å². The minimum atomic E-state index is -0.952. The predicted octanol–water partition coefficient (Wildman–Crippen LogP) is 2.74. The fraction of sp³-hybridized carbons (Fsp3) is 0.455. The molecule has 88 valence electrons. The molecule has 0 aliphatic heterocycles. The Bertz CT molecular complexity index is 409. The first kappa shape index (κ1) is 12.7. The van der Waals surface area contributed by atoms with Crippen LogP contribution in [0, 0.1) is 12.8 Å². The number of hydrogen-bond donors (Lipinski definition) is 2. The number of anilines is 1. The van der Waals surface area contributed by atoms with Crippen molar-refractivity contribution in [3.63, 3.8) is 0 Å². The molecule has 0 aliphatic carbocycles. The average molecular weight is 241 g/mol. The molecule has 4 nitrogen and oxygen atoms in total. The molecule has 16 heavy (non-hydrogen) atoms. The van der Waals surface area contributed by atoms with Crippen LogP contribution in [0.15, 0.2) is 6.07 Å². The third kappa shape index (κ3) is 3.34. The third-order valence-electron chi connectivity index (χ3n) is 1.97. The number of carboxylic acids is 1. The molecular formula is C11H15NO3S. The largest absolute Gasteiger partial charge is 0.477 e. The lowest BCUT2D eigenvalue weighted by molar-refractivity contribution is -0.116. The molecule has 0 unspecified atom stereocenters. The summed E-state index contributed by atoms with van der Waals surface area (Å²) >= 11 is 1.09. The molecule has 0 radical (unpaired) electrons. The summed E-state index contributed by atoms with van der Waals surface area (Å²) in [4.78, 5) is 22.5. The lowest BCUT2D eigenvalue weighted by Gasteiger charge is -2.04. The van der Waals surface area contributed by atoms with E-state index in [1.165, 1.54) is 0 Å². The lowest BCUT2D eigenvalue weighted by Crippen LogP contribution is -2.12. The Morgan fingerprint density at radius 3 is 2.56 bits per heavy atom. The summed E-state index contributed by atoms with van der Waals surface area (Å²) < 4.78 is 0. The van der Waals surface area contributed by atoms with Gasteiger partial charge in [-0.15, -0.1) is 11.3 Å². The van der Waals surface area contributed by atoms with E-state index in [-0.39, 0.29) is 10.8 Å². The number of amides is 1. The van der Waals surface area contributed by atoms with E-state index in [9.17, 15) is 9.59 Å². The number of carboxylic acid groups (broad SMARTS) is 1. The third-order valence-corrected chi connectivity index (χ3v) is 3.11. The van der Waals surface area contributed by atoms with Gasteiger partial charge in [0.1, 0.15) is 4.88 Å². The number of carbonyl (C=O) groups is 2. The van der Waals surface area contributed by atoms with Crippen LogP contribution in [-0.4, -0.2) is 17.0 Å². The van der Waals surface area contributed by atoms with Gasteiger partial charge in [-0.25, -0.2) is 4.79 Å². The molecule has 0 bridgehead atoms. The SMILES string of the molecule is Cc1cc(NC(=O)CC(C)C)sc1C(=O)O. The number of rotatable bonds is 4. The van der Waals surface area contributed by atoms with Crippen molar-refractivity contribution in [2.24, 2.45) is 5.92 Å². The summed E-state index contributed by atoms with van der Waals surface area (Å²) in [6.45, 7) is 5.64. The van der Waals surface area contributed by atoms with Gasteiger partial charge in [0.2, 0.25) is 5.91 Å². The van der Waals surface area contributed by atoms with Crippen LogP contribution in [0.2, 0.25) is 0 Å². The van der Waals surface area contributed by atoms with E-state index >= 15 is 0 Å². The highest BCUT2D eigenvalue weighted by Crippen LogP contribution is 2.26. The summed E-state index contributed by atoms with van der Waals surface area (Å²) in [5.41, 5.74) is 0.678. The number of thiophene rings is 1. The fourth-order valence-electron chi connectivity index (χ4n) is 1.32. The smallest absolute Gasteiger partial charge is 0.346 e. The zero-order valence-corrected chi connectivity index (χ0v) is 10.4. The van der Waals surface area contributed by atoms with Crippen molar-refractivity contribution >= 4 is 28.2 Å². The lowest BCUT2D eigenvalue weighted by atomic mass is 10.1. The van der Waals surface area contributed by atoms with E-state index in [4.69, 9.17) is 5.11 Å². The fourth-order valence-corrected chi connectivity index (χ4v) is 2.24. The van der Waals surface area contributed by atoms with Crippen molar-refractivity contribution in [1.29, 1.82) is 0 Å². The van der Waals surface area contributed by atoms with Crippen LogP contribution >= 0.6 is 11.3 Å². The molecule has 2 N–H and O–H groups in total. The highest BCUT2D eigenvalue weighted by molar-refractivity contribution is 7.18. The molecule has 0 aromatic carbocycles. The molecule has 0 fully saturated rings. The second-order valence-corrected chi connectivity index (χ2v) is 5.13. The second kappa shape index (κ2) is 5.12. The quantitative estimate of drug-likeness (QED) is 0.851. The molecule has 0 spiro atoms. The van der Waals surface area contributed by atoms with Gasteiger partial charge in [-0.2, -0.15) is 0 Å². The van der Waals surface area contributed by atoms with Crippen LogP contribution in [0.1, 0.15) is 35.5 Å². The Morgan fingerprint density at radius 2 is 2.12 bits per heavy atom. The zero-order chi connectivity index (χ0) is 12.3. The topological polar surface area (TPSA) is 66.4 Å². The van der Waals surface area contributed by atoms with Gasteiger partial charge < -0.3 is 10.4 Å². The van der Waals surface area contributed by atoms with Gasteiger partial charge in [0.25, 0.3) is 0 Å². The summed E-state index contributed by atoms with van der Waals surface area (Å²) in [5, 5.41) is 12.2. The molecule has 0 aliphatic rings. The molecule has 1 aromatic heterocycles. The standard InChI is InChI=1S/C11H15NO3S/c1-6(2)4-8(13)12-9-5-7(3)10(16-9)11(14)15/h5-6H,4H2,1-3H3,(H,12,13)(H,14,15). The maximum Gasteiger partial charge on any atom is 0.346 e. The van der Waals surface area contributed by atoms with Gasteiger partial charge in [-0.1, -0.05) is 13.8 Å². The first-order valence-electron chi connectivity index (χ1n) is 5.03. The van der Waals surface area contributed by atoms with Crippen molar-refractivity contribution in [2.45, 2.75) is 27.2 Å². The molecule has 0 atom stereocenters. The van der Waals surface area contributed by atoms with Crippen LogP contribution in [0.3, 0.4) is 0 Å². The number of nitrogens with one attached hydrogen (secondary N) is 1. The monoisotopic (exact) mass is 241 g/mol. The summed E-state index contributed by atoms with van der Waals surface area (Å²) in [5.74, 6) is -0.736. The average Bonchev–Trinajstić information content (AvgIpc) is 2.44. The molecule has 0 saturated carbocycles. The molecule has 1 heterocycles. The highest BCUT2D eigenvalue weighted by Gasteiger charge is 2.13. The van der Waals surface area contributed by atoms with Gasteiger partial charge in [-0.05, 0) is 24.5 Å². The van der Waals surface area contributed by atoms with Gasteiger partial charge >= 0.3 is 5.97 Å². The van der Waals surface area contributed by atoms with Crippen LogP contribution in [0.5, 0.6) is 0 Å². The number of hydrogen-bond acceptors (Lipinski definition) is 3. The Morgan fingerprint density at radius 1 is 1.50 bits per heavy atom. The van der Waals surface area contributed by atoms with Gasteiger partial charge in [0, 0.05) is 6.42 Å². The van der Waals surface area contributed by atoms with Crippen molar-refractivity contribution in [3.8, 4) is 0 Å². The molecule has 1 rings (SSSR count). The van der Waals surface area contributed by atoms with E-state index in [2.05, 4.69) is 5.32 Å². The Balaban J connectivity index is 2.72. The van der Waals surface area contributed by atoms with Crippen molar-refractivity contribution in [3.05, 3.63) is 16.5 Å². The van der Waals surface area contributed by atoms with Crippen molar-refractivity contribution in [1.82, 2.24) is 0 Å². The second-order valence-electron chi connectivity index (χ2n) is 4.07. The van der Waals surface area contributed by atoms with E-state index in [1.807, 2.05) is 13.8 Å². The van der Waals surface area contributed by atoms with E-state index in [0.717, 1.165) is 11.3 Å². The predicted molar refractivity (Wildman–Crippen MR) is 64.1 cm³/mol. The highest BCUT2D eigenvalue weighted by atomic mass is 32.1. The van der Waals surface area contributed by atoms with E-state index in [1.54, 1.807) is 13.0 Å². The van der Waals surface area contributed by atoms with E-state index in [0.29, 0.717) is 22.9 Å². The minimum Gasteiger partial charge on any atom is -0.477 e. The molecule has 1 aromatic rings. The first-order chi connectivity index (χ1) is 7.40. The molecule has 0 saturated heterocycles. The number of aryl methyl sites for hydroxylation is 1. The number of carbonyl (C=O) groups excluding carboxylic acids is 1. The molecule has 1 amide bonds. The van der Waals surface area contributed by atoms with Crippen LogP contribution in [0.25, 0.3) is 0 Å². The Kier molecular flexibility index (Phi) is 4.06. The van der Waals surface area contributed by atoms with Crippen molar-refractivity contribution in [2.75, 3.05) is 5.32 Å². The van der Waals surface area contributed by atoms with Gasteiger partial charge in [0.05, 0.1) is 5.00 Å². The first-order valence-corrected chi connectivity index (χ1v) is 5.85. The normalized spacial score (nSPS) is 10.5. The Hall–Kier alpha value is -1.36. The van der Waals surface area contributed by atoms with Crippen molar-refractivity contribution < 1.29 is 14.7 Å². The maximum atomic E-state index is 11.5. The maximum absolute atomic E-state index is 11.5.